The molecule has 0 amide bonds. The number of aromatic nitrogens is 4. The fourth-order valence-corrected chi connectivity index (χ4v) is 4.48. The van der Waals surface area contributed by atoms with Crippen LogP contribution in [0.15, 0.2) is 36.7 Å². The van der Waals surface area contributed by atoms with Gasteiger partial charge in [0, 0.05) is 44.6 Å². The summed E-state index contributed by atoms with van der Waals surface area (Å²) in [5, 5.41) is 3.21. The number of nitrogens with one attached hydrogen (secondary N) is 1. The van der Waals surface area contributed by atoms with Crippen molar-refractivity contribution in [2.75, 3.05) is 44.8 Å². The molecular weight excluding hydrogens is 459 g/mol. The quantitative estimate of drug-likeness (QED) is 0.558. The molecule has 4 heterocycles. The standard InChI is InChI=1S/C24H29FN6O2.ClH/c1-17-26-15-22(31(17)20-6-10-32-11-7-20)23-21(25)14-27-24(29-23)28-19-4-2-18(3-5-19)16-30-8-12-33-13-9-30;/h2-5,14-15,20H,6-13,16H2,1H3,(H,27,28,29);1H. The molecule has 34 heavy (non-hydrogen) atoms. The minimum Gasteiger partial charge on any atom is -0.381 e. The van der Waals surface area contributed by atoms with E-state index >= 15 is 0 Å². The largest absolute Gasteiger partial charge is 0.381 e. The summed E-state index contributed by atoms with van der Waals surface area (Å²) in [6.45, 7) is 7.72. The fourth-order valence-electron chi connectivity index (χ4n) is 4.48. The van der Waals surface area contributed by atoms with E-state index in [1.54, 1.807) is 6.20 Å². The third kappa shape index (κ3) is 5.55. The molecule has 8 nitrogen and oxygen atoms in total. The summed E-state index contributed by atoms with van der Waals surface area (Å²) < 4.78 is 27.8. The Bertz CT molecular complexity index is 1080. The van der Waals surface area contributed by atoms with Crippen molar-refractivity contribution in [2.24, 2.45) is 0 Å². The molecule has 0 aliphatic carbocycles. The lowest BCUT2D eigenvalue weighted by atomic mass is 10.1. The molecule has 0 spiro atoms. The molecule has 0 atom stereocenters. The molecule has 0 saturated carbocycles. The number of aryl methyl sites for hydroxylation is 1. The lowest BCUT2D eigenvalue weighted by Crippen LogP contribution is -2.35. The van der Waals surface area contributed by atoms with Crippen LogP contribution in [0.3, 0.4) is 0 Å². The van der Waals surface area contributed by atoms with Crippen molar-refractivity contribution >= 4 is 24.0 Å². The average Bonchev–Trinajstić information content (AvgIpc) is 3.24. The van der Waals surface area contributed by atoms with E-state index in [2.05, 4.69) is 41.9 Å². The van der Waals surface area contributed by atoms with Gasteiger partial charge >= 0.3 is 0 Å². The van der Waals surface area contributed by atoms with Crippen LogP contribution in [0.1, 0.15) is 30.3 Å². The van der Waals surface area contributed by atoms with Gasteiger partial charge in [0.25, 0.3) is 0 Å². The highest BCUT2D eigenvalue weighted by Crippen LogP contribution is 2.31. The molecule has 1 N–H and O–H groups in total. The predicted molar refractivity (Wildman–Crippen MR) is 130 cm³/mol. The lowest BCUT2D eigenvalue weighted by Gasteiger charge is -2.26. The maximum Gasteiger partial charge on any atom is 0.227 e. The molecule has 182 valence electrons. The molecule has 0 bridgehead atoms. The van der Waals surface area contributed by atoms with Crippen molar-refractivity contribution in [3.8, 4) is 11.4 Å². The van der Waals surface area contributed by atoms with Crippen molar-refractivity contribution in [1.82, 2.24) is 24.4 Å². The van der Waals surface area contributed by atoms with E-state index in [-0.39, 0.29) is 24.1 Å². The monoisotopic (exact) mass is 488 g/mol. The Hall–Kier alpha value is -2.59. The minimum atomic E-state index is -0.463. The van der Waals surface area contributed by atoms with Crippen LogP contribution in [0.2, 0.25) is 0 Å². The smallest absolute Gasteiger partial charge is 0.227 e. The van der Waals surface area contributed by atoms with E-state index < -0.39 is 5.82 Å². The van der Waals surface area contributed by atoms with E-state index in [1.807, 2.05) is 19.1 Å². The number of ether oxygens (including phenoxy) is 2. The topological polar surface area (TPSA) is 77.3 Å². The molecule has 3 aromatic rings. The zero-order chi connectivity index (χ0) is 22.6. The third-order valence-corrected chi connectivity index (χ3v) is 6.24. The summed E-state index contributed by atoms with van der Waals surface area (Å²) in [5.41, 5.74) is 3.01. The maximum absolute atomic E-state index is 14.8. The van der Waals surface area contributed by atoms with E-state index in [0.29, 0.717) is 24.9 Å². The Kier molecular flexibility index (Phi) is 8.10. The Balaban J connectivity index is 0.00000274. The number of imidazole rings is 1. The van der Waals surface area contributed by atoms with Gasteiger partial charge in [0.2, 0.25) is 5.95 Å². The zero-order valence-corrected chi connectivity index (χ0v) is 20.1. The van der Waals surface area contributed by atoms with Gasteiger partial charge in [-0.3, -0.25) is 4.90 Å². The van der Waals surface area contributed by atoms with E-state index in [4.69, 9.17) is 9.47 Å². The molecular formula is C24H30ClFN6O2. The van der Waals surface area contributed by atoms with Crippen molar-refractivity contribution in [3.63, 3.8) is 0 Å². The molecule has 2 aromatic heterocycles. The Morgan fingerprint density at radius 1 is 1.00 bits per heavy atom. The van der Waals surface area contributed by atoms with Crippen molar-refractivity contribution in [1.29, 1.82) is 0 Å². The first kappa shape index (κ1) is 24.5. The normalized spacial score (nSPS) is 17.4. The van der Waals surface area contributed by atoms with Gasteiger partial charge in [-0.1, -0.05) is 12.1 Å². The highest BCUT2D eigenvalue weighted by Gasteiger charge is 2.23. The molecule has 5 rings (SSSR count). The summed E-state index contributed by atoms with van der Waals surface area (Å²) in [7, 11) is 0. The number of morpholine rings is 1. The van der Waals surface area contributed by atoms with Gasteiger partial charge in [0.05, 0.1) is 31.3 Å². The number of hydrogen-bond acceptors (Lipinski definition) is 7. The number of anilines is 2. The molecule has 2 saturated heterocycles. The summed E-state index contributed by atoms with van der Waals surface area (Å²) >= 11 is 0. The van der Waals surface area contributed by atoms with Gasteiger partial charge < -0.3 is 19.4 Å². The van der Waals surface area contributed by atoms with E-state index in [0.717, 1.165) is 57.2 Å². The van der Waals surface area contributed by atoms with Crippen LogP contribution in [0.4, 0.5) is 16.0 Å². The van der Waals surface area contributed by atoms with Crippen LogP contribution in [0.5, 0.6) is 0 Å². The Labute approximate surface area is 204 Å². The first-order valence-electron chi connectivity index (χ1n) is 11.5. The number of nitrogens with zero attached hydrogens (tertiary/aromatic N) is 5. The van der Waals surface area contributed by atoms with Crippen LogP contribution in [-0.2, 0) is 16.0 Å². The molecule has 2 aliphatic rings. The summed E-state index contributed by atoms with van der Waals surface area (Å²) in [6, 6.07) is 8.40. The molecule has 10 heteroatoms. The second-order valence-electron chi connectivity index (χ2n) is 8.50. The number of benzene rings is 1. The number of hydrogen-bond donors (Lipinski definition) is 1. The second-order valence-corrected chi connectivity index (χ2v) is 8.50. The summed E-state index contributed by atoms with van der Waals surface area (Å²) in [6.07, 6.45) is 4.66. The minimum absolute atomic E-state index is 0. The summed E-state index contributed by atoms with van der Waals surface area (Å²) in [5.74, 6) is 0.736. The molecule has 2 aliphatic heterocycles. The fraction of sp³-hybridized carbons (Fsp3) is 0.458. The average molecular weight is 489 g/mol. The first-order chi connectivity index (χ1) is 16.2. The molecule has 2 fully saturated rings. The van der Waals surface area contributed by atoms with Gasteiger partial charge in [-0.2, -0.15) is 0 Å². The van der Waals surface area contributed by atoms with Crippen molar-refractivity contribution in [3.05, 3.63) is 53.9 Å². The zero-order valence-electron chi connectivity index (χ0n) is 19.2. The Morgan fingerprint density at radius 3 is 2.44 bits per heavy atom. The number of halogens is 2. The molecule has 1 aromatic carbocycles. The Morgan fingerprint density at radius 2 is 1.71 bits per heavy atom. The highest BCUT2D eigenvalue weighted by molar-refractivity contribution is 5.85. The van der Waals surface area contributed by atoms with Crippen LogP contribution < -0.4 is 5.32 Å². The van der Waals surface area contributed by atoms with Gasteiger partial charge in [-0.05, 0) is 37.5 Å². The van der Waals surface area contributed by atoms with Gasteiger partial charge in [0.15, 0.2) is 5.82 Å². The second kappa shape index (κ2) is 11.2. The van der Waals surface area contributed by atoms with Crippen LogP contribution >= 0.6 is 12.4 Å². The van der Waals surface area contributed by atoms with E-state index in [9.17, 15) is 4.39 Å². The van der Waals surface area contributed by atoms with Gasteiger partial charge in [-0.15, -0.1) is 12.4 Å². The van der Waals surface area contributed by atoms with Gasteiger partial charge in [0.1, 0.15) is 11.5 Å². The number of rotatable bonds is 6. The van der Waals surface area contributed by atoms with Crippen LogP contribution in [0.25, 0.3) is 11.4 Å². The van der Waals surface area contributed by atoms with Crippen molar-refractivity contribution < 1.29 is 13.9 Å². The molecule has 0 unspecified atom stereocenters. The molecule has 0 radical (unpaired) electrons. The SMILES string of the molecule is Cc1ncc(-c2nc(Nc3ccc(CN4CCOCC4)cc3)ncc2F)n1C1CCOCC1.Cl. The van der Waals surface area contributed by atoms with Crippen molar-refractivity contribution in [2.45, 2.75) is 32.4 Å². The first-order valence-corrected chi connectivity index (χ1v) is 11.5. The van der Waals surface area contributed by atoms with E-state index in [1.165, 1.54) is 11.8 Å². The highest BCUT2D eigenvalue weighted by atomic mass is 35.5. The lowest BCUT2D eigenvalue weighted by molar-refractivity contribution is 0.0342. The van der Waals surface area contributed by atoms with Gasteiger partial charge in [-0.25, -0.2) is 19.3 Å². The van der Waals surface area contributed by atoms with Crippen LogP contribution in [0, 0.1) is 12.7 Å². The van der Waals surface area contributed by atoms with Crippen LogP contribution in [-0.4, -0.2) is 63.9 Å². The maximum atomic E-state index is 14.8. The predicted octanol–water partition coefficient (Wildman–Crippen LogP) is 4.14. The third-order valence-electron chi connectivity index (χ3n) is 6.24. The summed E-state index contributed by atoms with van der Waals surface area (Å²) in [4.78, 5) is 15.5.